The number of ether oxygens (including phenoxy) is 1. The van der Waals surface area contributed by atoms with Gasteiger partial charge in [-0.3, -0.25) is 4.79 Å². The molecule has 2 aromatic rings. The van der Waals surface area contributed by atoms with Gasteiger partial charge < -0.3 is 4.74 Å². The largest absolute Gasteiger partial charge is 0.497 e. The fourth-order valence-corrected chi connectivity index (χ4v) is 4.35. The zero-order valence-corrected chi connectivity index (χ0v) is 16.4. The molecule has 2 rings (SSSR count). The molecular weight excluding hydrogens is 361 g/mol. The first kappa shape index (κ1) is 19.0. The predicted molar refractivity (Wildman–Crippen MR) is 105 cm³/mol. The number of carbonyl (C=O) groups excluding carboxylic acids is 1. The van der Waals surface area contributed by atoms with Gasteiger partial charge in [-0.25, -0.2) is 9.69 Å². The molecule has 1 atom stereocenters. The van der Waals surface area contributed by atoms with Crippen LogP contribution in [0.4, 0.5) is 0 Å². The summed E-state index contributed by atoms with van der Waals surface area (Å²) in [6.45, 7) is 3.75. The lowest BCUT2D eigenvalue weighted by molar-refractivity contribution is -0.0423. The second-order valence-electron chi connectivity index (χ2n) is 5.39. The number of rotatable bonds is 6. The molecule has 0 bridgehead atoms. The minimum absolute atomic E-state index is 0.176. The van der Waals surface area contributed by atoms with Crippen molar-refractivity contribution in [2.24, 2.45) is 0 Å². The van der Waals surface area contributed by atoms with Crippen LogP contribution in [0.25, 0.3) is 0 Å². The van der Waals surface area contributed by atoms with E-state index in [4.69, 9.17) is 21.2 Å². The van der Waals surface area contributed by atoms with Crippen molar-refractivity contribution in [3.63, 3.8) is 0 Å². The average Bonchev–Trinajstić information content (AvgIpc) is 2.59. The summed E-state index contributed by atoms with van der Waals surface area (Å²) in [6.07, 6.45) is 0. The van der Waals surface area contributed by atoms with Gasteiger partial charge in [0.25, 0.3) is 5.91 Å². The molecule has 0 saturated carbocycles. The second kappa shape index (κ2) is 8.17. The molecule has 0 radical (unpaired) electrons. The molecule has 0 aliphatic heterocycles. The molecule has 4 nitrogen and oxygen atoms in total. The Hall–Kier alpha value is -1.33. The van der Waals surface area contributed by atoms with Crippen molar-refractivity contribution in [3.8, 4) is 5.75 Å². The lowest BCUT2D eigenvalue weighted by Gasteiger charge is -2.30. The summed E-state index contributed by atoms with van der Waals surface area (Å²) in [5.74, 6) is 0.491. The first-order valence-corrected chi connectivity index (χ1v) is 11.3. The Bertz CT molecular complexity index is 735. The smallest absolute Gasteiger partial charge is 0.277 e. The molecule has 0 heterocycles. The number of benzene rings is 2. The Morgan fingerprint density at radius 2 is 1.71 bits per heavy atom. The molecule has 2 aromatic carbocycles. The van der Waals surface area contributed by atoms with Crippen LogP contribution in [0.15, 0.2) is 54.6 Å². The van der Waals surface area contributed by atoms with Crippen LogP contribution in [-0.4, -0.2) is 24.1 Å². The number of thiol groups is 1. The molecule has 0 saturated heterocycles. The normalized spacial score (nSPS) is 13.4. The number of hydrogen-bond donors (Lipinski definition) is 1. The van der Waals surface area contributed by atoms with Crippen molar-refractivity contribution in [3.05, 3.63) is 60.2 Å². The molecule has 7 heteroatoms. The summed E-state index contributed by atoms with van der Waals surface area (Å²) in [6, 6.07) is 16.0. The van der Waals surface area contributed by atoms with Gasteiger partial charge in [-0.15, -0.1) is 12.2 Å². The Kier molecular flexibility index (Phi) is 6.47. The highest BCUT2D eigenvalue weighted by molar-refractivity contribution is 8.64. The van der Waals surface area contributed by atoms with E-state index in [9.17, 15) is 4.79 Å². The zero-order valence-electron chi connectivity index (χ0n) is 13.7. The van der Waals surface area contributed by atoms with Crippen molar-refractivity contribution >= 4 is 40.7 Å². The van der Waals surface area contributed by atoms with E-state index >= 15 is 0 Å². The van der Waals surface area contributed by atoms with Crippen molar-refractivity contribution in [1.29, 1.82) is 0 Å². The van der Waals surface area contributed by atoms with Gasteiger partial charge in [0.2, 0.25) is 0 Å². The maximum Gasteiger partial charge on any atom is 0.277 e. The zero-order chi connectivity index (χ0) is 17.7. The highest BCUT2D eigenvalue weighted by atomic mass is 32.9. The number of amides is 1. The number of methoxy groups -OCH3 is 1. The third-order valence-corrected chi connectivity index (χ3v) is 6.38. The van der Waals surface area contributed by atoms with Crippen LogP contribution in [0, 0.1) is 0 Å². The van der Waals surface area contributed by atoms with Crippen LogP contribution in [0.3, 0.4) is 0 Å². The molecule has 0 fully saturated rings. The summed E-state index contributed by atoms with van der Waals surface area (Å²) in [5, 5.41) is 2.07. The van der Waals surface area contributed by atoms with Crippen LogP contribution in [0.2, 0.25) is 0 Å². The van der Waals surface area contributed by atoms with Gasteiger partial charge in [0, 0.05) is 10.9 Å². The van der Waals surface area contributed by atoms with Crippen LogP contribution in [0.1, 0.15) is 24.2 Å². The summed E-state index contributed by atoms with van der Waals surface area (Å²) in [5.41, 5.74) is -2.14. The Balaban J connectivity index is 2.25. The highest BCUT2D eigenvalue weighted by Crippen LogP contribution is 2.52. The molecule has 1 amide bonds. The third-order valence-electron chi connectivity index (χ3n) is 3.29. The van der Waals surface area contributed by atoms with Crippen molar-refractivity contribution in [1.82, 2.24) is 5.06 Å². The molecule has 0 aliphatic rings. The van der Waals surface area contributed by atoms with Gasteiger partial charge >= 0.3 is 0 Å². The first-order valence-electron chi connectivity index (χ1n) is 7.41. The lowest BCUT2D eigenvalue weighted by Crippen LogP contribution is -2.36. The van der Waals surface area contributed by atoms with Gasteiger partial charge in [-0.05, 0) is 62.1 Å². The molecule has 0 aliphatic carbocycles. The second-order valence-corrected chi connectivity index (χ2v) is 11.2. The van der Waals surface area contributed by atoms with Crippen LogP contribution < -0.4 is 10.0 Å². The van der Waals surface area contributed by atoms with E-state index in [2.05, 4.69) is 12.2 Å². The standard InChI is InChI=1S/C17H20NO3PS2/c1-13(2)18(17(19)14-7-5-4-6-8-14)21-22(23,24)16-11-9-15(20-3)10-12-16/h4-13H,1-3H3,(H,23,24). The minimum Gasteiger partial charge on any atom is -0.497 e. The third kappa shape index (κ3) is 4.61. The molecule has 24 heavy (non-hydrogen) atoms. The van der Waals surface area contributed by atoms with Crippen molar-refractivity contribution in [2.45, 2.75) is 19.9 Å². The van der Waals surface area contributed by atoms with Gasteiger partial charge in [-0.2, -0.15) is 0 Å². The molecule has 0 spiro atoms. The Morgan fingerprint density at radius 1 is 1.12 bits per heavy atom. The summed E-state index contributed by atoms with van der Waals surface area (Å²) in [7, 11) is 1.60. The number of nitrogens with zero attached hydrogens (tertiary/aromatic N) is 1. The fraction of sp³-hybridized carbons (Fsp3) is 0.235. The molecular formula is C17H20NO3PS2. The molecule has 128 valence electrons. The molecule has 0 aromatic heterocycles. The number of hydroxylamine groups is 2. The van der Waals surface area contributed by atoms with E-state index in [1.165, 1.54) is 5.06 Å². The summed E-state index contributed by atoms with van der Waals surface area (Å²) >= 11 is 10.1. The minimum atomic E-state index is -2.68. The maximum absolute atomic E-state index is 12.7. The average molecular weight is 381 g/mol. The van der Waals surface area contributed by atoms with E-state index in [1.807, 2.05) is 44.2 Å². The maximum atomic E-state index is 12.7. The topological polar surface area (TPSA) is 38.8 Å². The quantitative estimate of drug-likeness (QED) is 0.466. The fourth-order valence-electron chi connectivity index (χ4n) is 2.01. The lowest BCUT2D eigenvalue weighted by atomic mass is 10.2. The van der Waals surface area contributed by atoms with E-state index in [1.54, 1.807) is 31.4 Å². The van der Waals surface area contributed by atoms with Gasteiger partial charge in [0.1, 0.15) is 5.75 Å². The van der Waals surface area contributed by atoms with E-state index in [0.29, 0.717) is 5.56 Å². The van der Waals surface area contributed by atoms with Gasteiger partial charge in [-0.1, -0.05) is 18.2 Å². The molecule has 0 N–H and O–H groups in total. The van der Waals surface area contributed by atoms with Crippen LogP contribution >= 0.6 is 17.7 Å². The Morgan fingerprint density at radius 3 is 2.21 bits per heavy atom. The number of carbonyl (C=O) groups is 1. The number of hydrogen-bond acceptors (Lipinski definition) is 4. The van der Waals surface area contributed by atoms with E-state index in [-0.39, 0.29) is 11.9 Å². The molecule has 1 unspecified atom stereocenters. The predicted octanol–water partition coefficient (Wildman–Crippen LogP) is 4.04. The van der Waals surface area contributed by atoms with Crippen LogP contribution in [0.5, 0.6) is 5.75 Å². The Labute approximate surface area is 153 Å². The van der Waals surface area contributed by atoms with E-state index in [0.717, 1.165) is 11.1 Å². The van der Waals surface area contributed by atoms with E-state index < -0.39 is 5.47 Å². The monoisotopic (exact) mass is 381 g/mol. The van der Waals surface area contributed by atoms with Crippen LogP contribution in [-0.2, 0) is 16.4 Å². The van der Waals surface area contributed by atoms with Gasteiger partial charge in [0.05, 0.1) is 13.2 Å². The SMILES string of the molecule is COc1ccc(P(=S)(S)ON(C(=O)c2ccccc2)C(C)C)cc1. The summed E-state index contributed by atoms with van der Waals surface area (Å²) < 4.78 is 11.1. The van der Waals surface area contributed by atoms with Gasteiger partial charge in [0.15, 0.2) is 5.47 Å². The summed E-state index contributed by atoms with van der Waals surface area (Å²) in [4.78, 5) is 12.7. The first-order chi connectivity index (χ1) is 11.3. The van der Waals surface area contributed by atoms with Crippen molar-refractivity contribution < 1.29 is 14.2 Å². The highest BCUT2D eigenvalue weighted by Gasteiger charge is 2.27. The van der Waals surface area contributed by atoms with Crippen molar-refractivity contribution in [2.75, 3.05) is 7.11 Å².